The predicted molar refractivity (Wildman–Crippen MR) is 158 cm³/mol. The molecule has 9 N–H and O–H groups in total. The van der Waals surface area contributed by atoms with Crippen LogP contribution in [0.3, 0.4) is 0 Å². The van der Waals surface area contributed by atoms with Gasteiger partial charge < -0.3 is 32.8 Å². The van der Waals surface area contributed by atoms with Crippen LogP contribution in [-0.2, 0) is 14.8 Å². The van der Waals surface area contributed by atoms with Crippen molar-refractivity contribution in [1.82, 2.24) is 24.9 Å². The Kier molecular flexibility index (Phi) is 7.46. The van der Waals surface area contributed by atoms with Gasteiger partial charge in [-0.2, -0.15) is 9.30 Å². The normalized spacial score (nSPS) is 19.1. The number of imidazole rings is 1. The number of H-pyrrole nitrogens is 1. The lowest BCUT2D eigenvalue weighted by atomic mass is 9.90. The number of amidine groups is 1. The quantitative estimate of drug-likeness (QED) is 0.104. The van der Waals surface area contributed by atoms with Crippen LogP contribution in [0.5, 0.6) is 0 Å². The van der Waals surface area contributed by atoms with E-state index < -0.39 is 21.5 Å². The van der Waals surface area contributed by atoms with Crippen LogP contribution in [0.15, 0.2) is 86.5 Å². The fourth-order valence-electron chi connectivity index (χ4n) is 4.68. The number of rotatable bonds is 6. The third-order valence-electron chi connectivity index (χ3n) is 7.06. The number of aliphatic imine (C=N–C) groups is 2. The molecule has 0 bridgehead atoms. The maximum Gasteiger partial charge on any atom is 0.283 e. The summed E-state index contributed by atoms with van der Waals surface area (Å²) in [6.07, 6.45) is 0.996. The molecule has 214 valence electrons. The second-order valence-corrected chi connectivity index (χ2v) is 12.1. The molecule has 2 fully saturated rings. The third-order valence-corrected chi connectivity index (χ3v) is 9.15. The Morgan fingerprint density at radius 1 is 1.10 bits per heavy atom. The van der Waals surface area contributed by atoms with Crippen molar-refractivity contribution in [3.8, 4) is 11.4 Å². The molecule has 2 aromatic carbocycles. The van der Waals surface area contributed by atoms with E-state index in [0.29, 0.717) is 36.2 Å². The van der Waals surface area contributed by atoms with E-state index in [2.05, 4.69) is 37.2 Å². The minimum Gasteiger partial charge on any atom is -0.386 e. The maximum atomic E-state index is 13.5. The van der Waals surface area contributed by atoms with Gasteiger partial charge in [0.2, 0.25) is 10.0 Å². The minimum absolute atomic E-state index is 0.186. The van der Waals surface area contributed by atoms with Crippen LogP contribution in [-0.4, -0.2) is 65.6 Å². The lowest BCUT2D eigenvalue weighted by molar-refractivity contribution is -0.113. The molecule has 2 aliphatic rings. The van der Waals surface area contributed by atoms with E-state index in [1.807, 2.05) is 30.3 Å². The highest BCUT2D eigenvalue weighted by Gasteiger charge is 2.42. The largest absolute Gasteiger partial charge is 0.386 e. The van der Waals surface area contributed by atoms with Gasteiger partial charge in [-0.3, -0.25) is 4.79 Å². The summed E-state index contributed by atoms with van der Waals surface area (Å²) >= 11 is 5.56. The molecule has 0 saturated carbocycles. The van der Waals surface area contributed by atoms with Crippen molar-refractivity contribution >= 4 is 50.4 Å². The molecule has 3 heterocycles. The maximum absolute atomic E-state index is 13.5. The van der Waals surface area contributed by atoms with Crippen molar-refractivity contribution in [3.05, 3.63) is 71.7 Å². The average Bonchev–Trinajstić information content (AvgIpc) is 3.56. The van der Waals surface area contributed by atoms with Crippen LogP contribution in [0, 0.1) is 0 Å². The van der Waals surface area contributed by atoms with Gasteiger partial charge >= 0.3 is 0 Å². The Morgan fingerprint density at radius 2 is 1.80 bits per heavy atom. The summed E-state index contributed by atoms with van der Waals surface area (Å²) in [6, 6.07) is 14.5. The molecule has 2 saturated heterocycles. The van der Waals surface area contributed by atoms with Crippen LogP contribution in [0.1, 0.15) is 12.8 Å². The lowest BCUT2D eigenvalue weighted by Gasteiger charge is -2.37. The van der Waals surface area contributed by atoms with Gasteiger partial charge in [-0.15, -0.1) is 0 Å². The van der Waals surface area contributed by atoms with Gasteiger partial charge in [0.05, 0.1) is 27.0 Å². The SMILES string of the molecule is C=C(C(=O)/N=C1\NCC2(CCN(S(=O)(=O)c3ccc4nc(-c5ccccc5)[nH]c4c3)CC2)N1)/C(N)=N\C(N)=C(/N)Cl. The van der Waals surface area contributed by atoms with Crippen molar-refractivity contribution in [3.63, 3.8) is 0 Å². The highest BCUT2D eigenvalue weighted by Crippen LogP contribution is 2.30. The molecular formula is C26H29ClN10O3S. The fourth-order valence-corrected chi connectivity index (χ4v) is 6.19. The van der Waals surface area contributed by atoms with E-state index in [1.165, 1.54) is 4.31 Å². The lowest BCUT2D eigenvalue weighted by Crippen LogP contribution is -2.53. The van der Waals surface area contributed by atoms with Gasteiger partial charge in [-0.05, 0) is 31.0 Å². The fraction of sp³-hybridized carbons (Fsp3) is 0.231. The first kappa shape index (κ1) is 28.1. The number of hydrogen-bond acceptors (Lipinski definition) is 7. The molecule has 5 rings (SSSR count). The number of benzene rings is 2. The van der Waals surface area contributed by atoms with Crippen molar-refractivity contribution in [2.45, 2.75) is 23.3 Å². The standard InChI is InChI=1S/C26H29ClN10O3S/c1-15(21(29)34-22(30)20(27)28)24(38)35-25-31-14-26(36-25)9-11-37(12-10-26)41(39,40)17-7-8-18-19(13-17)33-23(32-18)16-5-3-2-4-6-16/h2-8,13H,1,9-12,14,28,30H2,(H2,29,34)(H,32,33)(H2,31,35,36,38)/b22-20-. The zero-order valence-electron chi connectivity index (χ0n) is 21.9. The smallest absolute Gasteiger partial charge is 0.283 e. The molecule has 13 nitrogen and oxygen atoms in total. The first-order chi connectivity index (χ1) is 19.5. The number of nitrogens with zero attached hydrogens (tertiary/aromatic N) is 4. The van der Waals surface area contributed by atoms with Crippen molar-refractivity contribution in [2.24, 2.45) is 27.2 Å². The Hall–Kier alpha value is -4.40. The molecule has 15 heteroatoms. The Morgan fingerprint density at radius 3 is 2.49 bits per heavy atom. The zero-order valence-corrected chi connectivity index (χ0v) is 23.5. The molecule has 2 aliphatic heterocycles. The number of aromatic amines is 1. The number of hydrogen-bond donors (Lipinski definition) is 6. The number of nitrogens with two attached hydrogens (primary N) is 3. The van der Waals surface area contributed by atoms with E-state index in [9.17, 15) is 13.2 Å². The number of guanidine groups is 1. The molecule has 3 aromatic rings. The number of sulfonamides is 1. The number of aromatic nitrogens is 2. The summed E-state index contributed by atoms with van der Waals surface area (Å²) in [7, 11) is -3.74. The molecule has 1 spiro atoms. The van der Waals surface area contributed by atoms with Crippen LogP contribution >= 0.6 is 11.6 Å². The van der Waals surface area contributed by atoms with E-state index in [4.69, 9.17) is 28.8 Å². The van der Waals surface area contributed by atoms with Crippen LogP contribution in [0.4, 0.5) is 0 Å². The summed E-state index contributed by atoms with van der Waals surface area (Å²) in [5.74, 6) is -0.338. The monoisotopic (exact) mass is 596 g/mol. The second kappa shape index (κ2) is 10.9. The number of carbonyl (C=O) groups is 1. The molecule has 0 aliphatic carbocycles. The molecule has 41 heavy (non-hydrogen) atoms. The number of nitrogens with one attached hydrogen (secondary N) is 3. The highest BCUT2D eigenvalue weighted by atomic mass is 35.5. The Balaban J connectivity index is 1.24. The van der Waals surface area contributed by atoms with Gasteiger partial charge in [0.25, 0.3) is 5.91 Å². The summed E-state index contributed by atoms with van der Waals surface area (Å²) in [6.45, 7) is 4.64. The average molecular weight is 597 g/mol. The van der Waals surface area contributed by atoms with Crippen molar-refractivity contribution < 1.29 is 13.2 Å². The van der Waals surface area contributed by atoms with Gasteiger partial charge in [0, 0.05) is 25.2 Å². The molecule has 1 aromatic heterocycles. The van der Waals surface area contributed by atoms with Crippen LogP contribution < -0.4 is 27.8 Å². The third kappa shape index (κ3) is 5.75. The summed E-state index contributed by atoms with van der Waals surface area (Å²) in [5.41, 5.74) is 18.2. The first-order valence-corrected chi connectivity index (χ1v) is 14.4. The van der Waals surface area contributed by atoms with Gasteiger partial charge in [0.1, 0.15) is 16.8 Å². The van der Waals surface area contributed by atoms with Crippen LogP contribution in [0.2, 0.25) is 0 Å². The van der Waals surface area contributed by atoms with E-state index in [0.717, 1.165) is 5.56 Å². The molecular weight excluding hydrogens is 568 g/mol. The van der Waals surface area contributed by atoms with Crippen molar-refractivity contribution in [1.29, 1.82) is 0 Å². The minimum atomic E-state index is -3.74. The number of amides is 1. The second-order valence-electron chi connectivity index (χ2n) is 9.77. The Labute approximate surface area is 241 Å². The number of halogens is 1. The van der Waals surface area contributed by atoms with Gasteiger partial charge in [0.15, 0.2) is 11.8 Å². The number of fused-ring (bicyclic) bond motifs is 1. The number of carbonyl (C=O) groups excluding carboxylic acids is 1. The van der Waals surface area contributed by atoms with E-state index >= 15 is 0 Å². The zero-order chi connectivity index (χ0) is 29.4. The van der Waals surface area contributed by atoms with Gasteiger partial charge in [-0.25, -0.2) is 18.4 Å². The topological polar surface area (TPSA) is 210 Å². The predicted octanol–water partition coefficient (Wildman–Crippen LogP) is 1.02. The molecule has 0 radical (unpaired) electrons. The highest BCUT2D eigenvalue weighted by molar-refractivity contribution is 7.89. The van der Waals surface area contributed by atoms with Crippen molar-refractivity contribution in [2.75, 3.05) is 19.6 Å². The van der Waals surface area contributed by atoms with Gasteiger partial charge in [-0.1, -0.05) is 48.5 Å². The number of piperidine rings is 1. The molecule has 1 amide bonds. The molecule has 0 atom stereocenters. The Bertz CT molecular complexity index is 1720. The molecule has 0 unspecified atom stereocenters. The summed E-state index contributed by atoms with van der Waals surface area (Å²) < 4.78 is 28.5. The van der Waals surface area contributed by atoms with Crippen LogP contribution in [0.25, 0.3) is 22.4 Å². The summed E-state index contributed by atoms with van der Waals surface area (Å²) in [5, 5.41) is 6.02. The first-order valence-electron chi connectivity index (χ1n) is 12.6. The summed E-state index contributed by atoms with van der Waals surface area (Å²) in [4.78, 5) is 28.3. The van der Waals surface area contributed by atoms with E-state index in [-0.39, 0.29) is 46.3 Å². The van der Waals surface area contributed by atoms with E-state index in [1.54, 1.807) is 18.2 Å².